The molecule has 0 spiro atoms. The first kappa shape index (κ1) is 24.0. The smallest absolute Gasteiger partial charge is 0.173 e. The van der Waals surface area contributed by atoms with Gasteiger partial charge in [-0.3, -0.25) is 9.59 Å². The van der Waals surface area contributed by atoms with Crippen molar-refractivity contribution in [1.82, 2.24) is 9.38 Å². The highest BCUT2D eigenvalue weighted by Crippen LogP contribution is 2.37. The molecule has 7 nitrogen and oxygen atoms in total. The van der Waals surface area contributed by atoms with Crippen molar-refractivity contribution in [2.75, 3.05) is 6.61 Å². The van der Waals surface area contributed by atoms with Gasteiger partial charge in [-0.1, -0.05) is 11.6 Å². The van der Waals surface area contributed by atoms with Crippen LogP contribution in [0.15, 0.2) is 42.7 Å². The zero-order valence-electron chi connectivity index (χ0n) is 19.7. The summed E-state index contributed by atoms with van der Waals surface area (Å²) in [5.74, 6) is 0.570. The highest BCUT2D eigenvalue weighted by Gasteiger charge is 2.34. The molecule has 0 aliphatic carbocycles. The second-order valence-electron chi connectivity index (χ2n) is 9.64. The lowest BCUT2D eigenvalue weighted by atomic mass is 9.88. The van der Waals surface area contributed by atoms with Crippen LogP contribution in [-0.2, 0) is 20.7 Å². The molecule has 0 unspecified atom stereocenters. The number of halogens is 1. The van der Waals surface area contributed by atoms with E-state index in [0.717, 1.165) is 23.3 Å². The summed E-state index contributed by atoms with van der Waals surface area (Å²) in [5.41, 5.74) is 3.54. The van der Waals surface area contributed by atoms with Gasteiger partial charge in [0, 0.05) is 42.2 Å². The maximum Gasteiger partial charge on any atom is 0.173 e. The SMILES string of the molecule is Cc1ccn2cc(CCC(=O)[C@@H]3CC[C@@H](CC(=O)[C@@H]4C[C@H](O)c5cc(Cl)ccc5O4)CO3)nc2c1. The van der Waals surface area contributed by atoms with Gasteiger partial charge in [0.15, 0.2) is 17.7 Å². The van der Waals surface area contributed by atoms with Crippen LogP contribution in [0.5, 0.6) is 5.75 Å². The van der Waals surface area contributed by atoms with Crippen LogP contribution in [0, 0.1) is 12.8 Å². The number of hydrogen-bond donors (Lipinski definition) is 1. The van der Waals surface area contributed by atoms with Crippen LogP contribution in [0.1, 0.15) is 55.0 Å². The largest absolute Gasteiger partial charge is 0.482 e. The molecule has 0 saturated carbocycles. The molecule has 184 valence electrons. The van der Waals surface area contributed by atoms with Crippen LogP contribution < -0.4 is 4.74 Å². The van der Waals surface area contributed by atoms with Gasteiger partial charge in [0.2, 0.25) is 0 Å². The topological polar surface area (TPSA) is 90.1 Å². The molecule has 1 fully saturated rings. The molecule has 0 amide bonds. The van der Waals surface area contributed by atoms with E-state index in [1.807, 2.05) is 35.9 Å². The Balaban J connectivity index is 1.09. The third kappa shape index (κ3) is 5.42. The Morgan fingerprint density at radius 2 is 2.03 bits per heavy atom. The lowest BCUT2D eigenvalue weighted by molar-refractivity contribution is -0.137. The predicted octanol–water partition coefficient (Wildman–Crippen LogP) is 4.44. The van der Waals surface area contributed by atoms with Gasteiger partial charge in [-0.2, -0.15) is 0 Å². The van der Waals surface area contributed by atoms with Crippen LogP contribution in [0.2, 0.25) is 5.02 Å². The van der Waals surface area contributed by atoms with Gasteiger partial charge in [0.25, 0.3) is 0 Å². The zero-order chi connectivity index (χ0) is 24.5. The second kappa shape index (κ2) is 10.1. The molecule has 2 aliphatic heterocycles. The summed E-state index contributed by atoms with van der Waals surface area (Å²) in [6.07, 6.45) is 4.87. The molecular weight excluding hydrogens is 468 g/mol. The number of aliphatic hydroxyl groups is 1. The number of ketones is 2. The van der Waals surface area contributed by atoms with Crippen molar-refractivity contribution < 1.29 is 24.2 Å². The van der Waals surface area contributed by atoms with Crippen molar-refractivity contribution in [2.45, 2.75) is 63.8 Å². The number of carbonyl (C=O) groups excluding carboxylic acids is 2. The number of rotatable bonds is 7. The molecule has 4 heterocycles. The molecule has 2 aliphatic rings. The van der Waals surface area contributed by atoms with Gasteiger partial charge >= 0.3 is 0 Å². The zero-order valence-corrected chi connectivity index (χ0v) is 20.4. The Kier molecular flexibility index (Phi) is 6.91. The van der Waals surface area contributed by atoms with E-state index < -0.39 is 18.3 Å². The Labute approximate surface area is 209 Å². The summed E-state index contributed by atoms with van der Waals surface area (Å²) in [4.78, 5) is 30.2. The molecule has 1 aromatic carbocycles. The minimum Gasteiger partial charge on any atom is -0.482 e. The third-order valence-corrected chi connectivity index (χ3v) is 7.14. The molecule has 1 saturated heterocycles. The number of pyridine rings is 1. The van der Waals surface area contributed by atoms with E-state index in [1.165, 1.54) is 0 Å². The van der Waals surface area contributed by atoms with Crippen molar-refractivity contribution >= 4 is 28.8 Å². The molecule has 8 heteroatoms. The van der Waals surface area contributed by atoms with Gasteiger partial charge in [-0.25, -0.2) is 4.98 Å². The monoisotopic (exact) mass is 496 g/mol. The van der Waals surface area contributed by atoms with Crippen LogP contribution in [0.3, 0.4) is 0 Å². The van der Waals surface area contributed by atoms with Crippen molar-refractivity contribution in [2.24, 2.45) is 5.92 Å². The summed E-state index contributed by atoms with van der Waals surface area (Å²) >= 11 is 6.00. The van der Waals surface area contributed by atoms with E-state index in [4.69, 9.17) is 21.1 Å². The van der Waals surface area contributed by atoms with Gasteiger partial charge in [0.05, 0.1) is 18.4 Å². The predicted molar refractivity (Wildman–Crippen MR) is 131 cm³/mol. The Morgan fingerprint density at radius 1 is 1.17 bits per heavy atom. The fourth-order valence-electron chi connectivity index (χ4n) is 4.92. The van der Waals surface area contributed by atoms with E-state index in [1.54, 1.807) is 18.2 Å². The average Bonchev–Trinajstić information content (AvgIpc) is 3.25. The minimum absolute atomic E-state index is 0.0422. The first-order valence-electron chi connectivity index (χ1n) is 12.1. The number of carbonyl (C=O) groups is 2. The molecule has 0 bridgehead atoms. The first-order valence-corrected chi connectivity index (χ1v) is 12.5. The number of aryl methyl sites for hydroxylation is 2. The van der Waals surface area contributed by atoms with E-state index in [0.29, 0.717) is 48.6 Å². The standard InChI is InChI=1S/C27H29ClN2O5/c1-16-8-9-30-14-19(29-27(30)10-16)4-5-21(31)25-6-2-17(15-34-25)11-23(33)26-13-22(32)20-12-18(28)3-7-24(20)35-26/h3,7-10,12,14,17,22,25-26,32H,2,4-6,11,13,15H2,1H3/t17-,22-,25-,26-/m0/s1. The number of hydrogen-bond acceptors (Lipinski definition) is 6. The summed E-state index contributed by atoms with van der Waals surface area (Å²) in [5, 5.41) is 11.0. The average molecular weight is 497 g/mol. The summed E-state index contributed by atoms with van der Waals surface area (Å²) in [6.45, 7) is 2.40. The van der Waals surface area contributed by atoms with Crippen LogP contribution in [-0.4, -0.2) is 44.9 Å². The Bertz CT molecular complexity index is 1250. The molecule has 35 heavy (non-hydrogen) atoms. The molecule has 3 aromatic rings. The number of fused-ring (bicyclic) bond motifs is 2. The Hall–Kier alpha value is -2.74. The molecule has 4 atom stereocenters. The number of imidazole rings is 1. The van der Waals surface area contributed by atoms with Crippen LogP contribution in [0.4, 0.5) is 0 Å². The highest BCUT2D eigenvalue weighted by atomic mass is 35.5. The number of nitrogens with zero attached hydrogens (tertiary/aromatic N) is 2. The highest BCUT2D eigenvalue weighted by molar-refractivity contribution is 6.30. The number of Topliss-reactive ketones (excluding diaryl/α,β-unsaturated/α-hetero) is 2. The number of ether oxygens (including phenoxy) is 2. The maximum atomic E-state index is 12.9. The van der Waals surface area contributed by atoms with Crippen LogP contribution in [0.25, 0.3) is 5.65 Å². The number of aliphatic hydroxyl groups excluding tert-OH is 1. The lowest BCUT2D eigenvalue weighted by Gasteiger charge is -2.31. The first-order chi connectivity index (χ1) is 16.9. The summed E-state index contributed by atoms with van der Waals surface area (Å²) < 4.78 is 13.7. The minimum atomic E-state index is -0.784. The van der Waals surface area contributed by atoms with Crippen molar-refractivity contribution in [1.29, 1.82) is 0 Å². The Morgan fingerprint density at radius 3 is 2.83 bits per heavy atom. The fraction of sp³-hybridized carbons (Fsp3) is 0.444. The number of benzene rings is 1. The lowest BCUT2D eigenvalue weighted by Crippen LogP contribution is -2.37. The molecule has 1 N–H and O–H groups in total. The van der Waals surface area contributed by atoms with E-state index in [9.17, 15) is 14.7 Å². The van der Waals surface area contributed by atoms with E-state index in [2.05, 4.69) is 4.98 Å². The van der Waals surface area contributed by atoms with Gasteiger partial charge < -0.3 is 19.0 Å². The summed E-state index contributed by atoms with van der Waals surface area (Å²) in [7, 11) is 0. The molecular formula is C27H29ClN2O5. The quantitative estimate of drug-likeness (QED) is 0.520. The van der Waals surface area contributed by atoms with E-state index >= 15 is 0 Å². The molecule has 2 aromatic heterocycles. The van der Waals surface area contributed by atoms with Crippen molar-refractivity contribution in [3.05, 3.63) is 64.6 Å². The van der Waals surface area contributed by atoms with Gasteiger partial charge in [0.1, 0.15) is 17.5 Å². The maximum absolute atomic E-state index is 12.9. The molecule has 0 radical (unpaired) electrons. The normalized spacial score (nSPS) is 24.1. The third-order valence-electron chi connectivity index (χ3n) is 6.91. The van der Waals surface area contributed by atoms with Gasteiger partial charge in [-0.05, 0) is 68.0 Å². The fourth-order valence-corrected chi connectivity index (χ4v) is 5.10. The van der Waals surface area contributed by atoms with Gasteiger partial charge in [-0.15, -0.1) is 0 Å². The molecule has 5 rings (SSSR count). The number of aromatic nitrogens is 2. The van der Waals surface area contributed by atoms with E-state index in [-0.39, 0.29) is 23.9 Å². The van der Waals surface area contributed by atoms with Crippen LogP contribution >= 0.6 is 11.6 Å². The second-order valence-corrected chi connectivity index (χ2v) is 10.1. The van der Waals surface area contributed by atoms with Crippen molar-refractivity contribution in [3.63, 3.8) is 0 Å². The summed E-state index contributed by atoms with van der Waals surface area (Å²) in [6, 6.07) is 9.09. The van der Waals surface area contributed by atoms with Crippen molar-refractivity contribution in [3.8, 4) is 5.75 Å².